The van der Waals surface area contributed by atoms with Gasteiger partial charge in [-0.3, -0.25) is 0 Å². The molecule has 11 rings (SSSR count). The number of rotatable bonds is 4. The highest BCUT2D eigenvalue weighted by molar-refractivity contribution is 7.25. The molecule has 0 fully saturated rings. The van der Waals surface area contributed by atoms with E-state index in [4.69, 9.17) is 9.40 Å². The quantitative estimate of drug-likeness (QED) is 0.187. The third kappa shape index (κ3) is 4.40. The maximum Gasteiger partial charge on any atom is 0.145 e. The third-order valence-corrected chi connectivity index (χ3v) is 11.3. The lowest BCUT2D eigenvalue weighted by molar-refractivity contribution is 0.673. The lowest BCUT2D eigenvalue weighted by Gasteiger charge is -2.13. The Morgan fingerprint density at radius 2 is 1.12 bits per heavy atom. The van der Waals surface area contributed by atoms with Crippen molar-refractivity contribution in [1.82, 2.24) is 9.55 Å². The van der Waals surface area contributed by atoms with Crippen LogP contribution in [0.25, 0.3) is 103 Å². The summed E-state index contributed by atoms with van der Waals surface area (Å²) < 4.78 is 11.5. The van der Waals surface area contributed by atoms with Crippen LogP contribution in [0.15, 0.2) is 174 Å². The van der Waals surface area contributed by atoms with Gasteiger partial charge in [0.1, 0.15) is 11.2 Å². The smallest absolute Gasteiger partial charge is 0.145 e. The average molecular weight is 669 g/mol. The molecule has 0 spiro atoms. The zero-order chi connectivity index (χ0) is 33.5. The van der Waals surface area contributed by atoms with Gasteiger partial charge in [0.15, 0.2) is 0 Å². The second-order valence-electron chi connectivity index (χ2n) is 13.1. The minimum absolute atomic E-state index is 0.908. The molecule has 0 unspecified atom stereocenters. The highest BCUT2D eigenvalue weighted by atomic mass is 32.1. The molecule has 3 nitrogen and oxygen atoms in total. The molecule has 0 bridgehead atoms. The van der Waals surface area contributed by atoms with Gasteiger partial charge in [-0.2, -0.15) is 0 Å². The second kappa shape index (κ2) is 11.0. The zero-order valence-corrected chi connectivity index (χ0v) is 28.2. The summed E-state index contributed by atoms with van der Waals surface area (Å²) in [5, 5.41) is 7.17. The number of aromatic nitrogens is 2. The summed E-state index contributed by atoms with van der Waals surface area (Å²) >= 11 is 1.84. The molecule has 11 aromatic rings. The van der Waals surface area contributed by atoms with Gasteiger partial charge in [-0.1, -0.05) is 109 Å². The predicted molar refractivity (Wildman–Crippen MR) is 215 cm³/mol. The van der Waals surface area contributed by atoms with Gasteiger partial charge in [-0.05, 0) is 71.8 Å². The van der Waals surface area contributed by atoms with Crippen LogP contribution in [0.3, 0.4) is 0 Å². The lowest BCUT2D eigenvalue weighted by atomic mass is 9.99. The van der Waals surface area contributed by atoms with Crippen molar-refractivity contribution >= 4 is 75.3 Å². The van der Waals surface area contributed by atoms with E-state index in [-0.39, 0.29) is 0 Å². The van der Waals surface area contributed by atoms with Crippen molar-refractivity contribution < 1.29 is 4.42 Å². The number of thiophene rings is 1. The minimum atomic E-state index is 0.908. The molecule has 0 saturated heterocycles. The molecule has 0 N–H and O–H groups in total. The Labute approximate surface area is 297 Å². The molecule has 0 aliphatic carbocycles. The molecule has 4 heteroatoms. The van der Waals surface area contributed by atoms with Gasteiger partial charge in [0.05, 0.1) is 27.8 Å². The second-order valence-corrected chi connectivity index (χ2v) is 14.2. The summed E-state index contributed by atoms with van der Waals surface area (Å²) in [5.41, 5.74) is 11.5. The van der Waals surface area contributed by atoms with Crippen molar-refractivity contribution in [2.24, 2.45) is 0 Å². The van der Waals surface area contributed by atoms with E-state index in [1.54, 1.807) is 0 Å². The summed E-state index contributed by atoms with van der Waals surface area (Å²) in [4.78, 5) is 5.35. The molecule has 0 aliphatic heterocycles. The van der Waals surface area contributed by atoms with Crippen LogP contribution in [0.4, 0.5) is 0 Å². The first-order valence-electron chi connectivity index (χ1n) is 17.2. The van der Waals surface area contributed by atoms with Crippen molar-refractivity contribution in [2.45, 2.75) is 0 Å². The molecule has 0 radical (unpaired) electrons. The normalized spacial score (nSPS) is 11.9. The molecule has 51 heavy (non-hydrogen) atoms. The average Bonchev–Trinajstić information content (AvgIpc) is 3.87. The standard InChI is InChI=1S/C47H28N2OS/c1-2-11-29(12-3-1)32-26-39(48-40(27-32)31-21-22-36-35-16-6-9-20-44(35)51-45(36)28-31)30-13-10-14-33(25-30)49-41-18-7-4-17-38(41)46-42(49)24-23-37-34-15-5-8-19-43(34)50-47(37)46/h1-28H. The van der Waals surface area contributed by atoms with Gasteiger partial charge in [-0.25, -0.2) is 4.98 Å². The minimum Gasteiger partial charge on any atom is -0.455 e. The Morgan fingerprint density at radius 3 is 2.00 bits per heavy atom. The van der Waals surface area contributed by atoms with Crippen LogP contribution in [0.5, 0.6) is 0 Å². The Kier molecular flexibility index (Phi) is 6.12. The molecule has 4 aromatic heterocycles. The number of furan rings is 1. The van der Waals surface area contributed by atoms with Crippen molar-refractivity contribution in [1.29, 1.82) is 0 Å². The van der Waals surface area contributed by atoms with E-state index in [2.05, 4.69) is 168 Å². The summed E-state index contributed by atoms with van der Waals surface area (Å²) in [6, 6.07) is 60.6. The summed E-state index contributed by atoms with van der Waals surface area (Å²) in [7, 11) is 0. The van der Waals surface area contributed by atoms with Crippen LogP contribution >= 0.6 is 11.3 Å². The van der Waals surface area contributed by atoms with E-state index in [0.717, 1.165) is 72.1 Å². The maximum absolute atomic E-state index is 6.55. The van der Waals surface area contributed by atoms with Gasteiger partial charge in [0.25, 0.3) is 0 Å². The van der Waals surface area contributed by atoms with Crippen LogP contribution in [0.1, 0.15) is 0 Å². The van der Waals surface area contributed by atoms with E-state index in [1.807, 2.05) is 17.4 Å². The topological polar surface area (TPSA) is 31.0 Å². The Morgan fingerprint density at radius 1 is 0.431 bits per heavy atom. The highest BCUT2D eigenvalue weighted by Crippen LogP contribution is 2.42. The van der Waals surface area contributed by atoms with Gasteiger partial charge in [0.2, 0.25) is 0 Å². The van der Waals surface area contributed by atoms with Crippen LogP contribution < -0.4 is 0 Å². The van der Waals surface area contributed by atoms with Gasteiger partial charge < -0.3 is 8.98 Å². The van der Waals surface area contributed by atoms with Crippen LogP contribution in [-0.4, -0.2) is 9.55 Å². The Bertz CT molecular complexity index is 3150. The third-order valence-electron chi connectivity index (χ3n) is 10.2. The first kappa shape index (κ1) is 28.4. The molecule has 0 amide bonds. The predicted octanol–water partition coefficient (Wildman–Crippen LogP) is 13.4. The molecular formula is C47H28N2OS. The van der Waals surface area contributed by atoms with E-state index < -0.39 is 0 Å². The fourth-order valence-electron chi connectivity index (χ4n) is 7.83. The highest BCUT2D eigenvalue weighted by Gasteiger charge is 2.19. The van der Waals surface area contributed by atoms with E-state index >= 15 is 0 Å². The fourth-order valence-corrected chi connectivity index (χ4v) is 8.97. The molecule has 7 aromatic carbocycles. The first-order chi connectivity index (χ1) is 25.3. The van der Waals surface area contributed by atoms with Crippen molar-refractivity contribution in [3.8, 4) is 39.3 Å². The lowest BCUT2D eigenvalue weighted by Crippen LogP contribution is -1.96. The van der Waals surface area contributed by atoms with E-state index in [9.17, 15) is 0 Å². The fraction of sp³-hybridized carbons (Fsp3) is 0. The molecule has 0 saturated carbocycles. The van der Waals surface area contributed by atoms with Crippen LogP contribution in [0, 0.1) is 0 Å². The monoisotopic (exact) mass is 668 g/mol. The van der Waals surface area contributed by atoms with Crippen molar-refractivity contribution in [3.63, 3.8) is 0 Å². The number of nitrogens with zero attached hydrogens (tertiary/aromatic N) is 2. The molecular weight excluding hydrogens is 641 g/mol. The van der Waals surface area contributed by atoms with Crippen molar-refractivity contribution in [2.75, 3.05) is 0 Å². The SMILES string of the molecule is c1ccc(-c2cc(-c3cccc(-n4c5ccccc5c5c6oc7ccccc7c6ccc54)c3)nc(-c3ccc4c(c3)sc3ccccc34)c2)cc1. The van der Waals surface area contributed by atoms with Gasteiger partial charge in [0, 0.05) is 53.1 Å². The maximum atomic E-state index is 6.55. The molecule has 0 atom stereocenters. The van der Waals surface area contributed by atoms with E-state index in [0.29, 0.717) is 0 Å². The molecule has 4 heterocycles. The number of pyridine rings is 1. The summed E-state index contributed by atoms with van der Waals surface area (Å²) in [6.07, 6.45) is 0. The number of benzene rings is 7. The largest absolute Gasteiger partial charge is 0.455 e. The first-order valence-corrected chi connectivity index (χ1v) is 18.0. The molecule has 238 valence electrons. The number of hydrogen-bond acceptors (Lipinski definition) is 3. The number of fused-ring (bicyclic) bond motifs is 10. The van der Waals surface area contributed by atoms with Crippen LogP contribution in [0.2, 0.25) is 0 Å². The zero-order valence-electron chi connectivity index (χ0n) is 27.4. The van der Waals surface area contributed by atoms with Gasteiger partial charge >= 0.3 is 0 Å². The number of para-hydroxylation sites is 2. The number of hydrogen-bond donors (Lipinski definition) is 0. The summed E-state index contributed by atoms with van der Waals surface area (Å²) in [6.45, 7) is 0. The van der Waals surface area contributed by atoms with Gasteiger partial charge in [-0.15, -0.1) is 11.3 Å². The van der Waals surface area contributed by atoms with E-state index in [1.165, 1.54) is 31.1 Å². The summed E-state index contributed by atoms with van der Waals surface area (Å²) in [5.74, 6) is 0. The Balaban J connectivity index is 1.11. The molecule has 0 aliphatic rings. The Hall–Kier alpha value is -6.49. The van der Waals surface area contributed by atoms with Crippen LogP contribution in [-0.2, 0) is 0 Å². The van der Waals surface area contributed by atoms with Crippen molar-refractivity contribution in [3.05, 3.63) is 170 Å².